The molecule has 0 N–H and O–H groups in total. The first-order valence-electron chi connectivity index (χ1n) is 8.04. The average molecular weight is 380 g/mol. The van der Waals surface area contributed by atoms with Gasteiger partial charge >= 0.3 is 5.97 Å². The van der Waals surface area contributed by atoms with Crippen molar-refractivity contribution in [1.82, 2.24) is 4.90 Å². The third-order valence-corrected chi connectivity index (χ3v) is 5.63. The molecule has 1 saturated heterocycles. The van der Waals surface area contributed by atoms with Crippen LogP contribution in [0.5, 0.6) is 5.75 Å². The van der Waals surface area contributed by atoms with Crippen LogP contribution < -0.4 is 4.74 Å². The largest absolute Gasteiger partial charge is 0.497 e. The molecule has 2 aliphatic rings. The Bertz CT molecular complexity index is 629. The number of likely N-dealkylation sites (tertiary alicyclic amines) is 1. The second kappa shape index (κ2) is 7.05. The van der Waals surface area contributed by atoms with Crippen molar-refractivity contribution in [2.24, 2.45) is 5.92 Å². The van der Waals surface area contributed by atoms with Crippen LogP contribution in [0.4, 0.5) is 0 Å². The van der Waals surface area contributed by atoms with Crippen LogP contribution >= 0.6 is 15.9 Å². The fraction of sp³-hybridized carbons (Fsp3) is 0.500. The number of esters is 1. The predicted octanol–water partition coefficient (Wildman–Crippen LogP) is 3.20. The molecule has 2 atom stereocenters. The van der Waals surface area contributed by atoms with Gasteiger partial charge in [0.05, 0.1) is 19.6 Å². The highest BCUT2D eigenvalue weighted by molar-refractivity contribution is 9.09. The average Bonchev–Trinajstić information content (AvgIpc) is 2.54. The molecule has 1 aliphatic heterocycles. The first kappa shape index (κ1) is 16.5. The van der Waals surface area contributed by atoms with Crippen molar-refractivity contribution in [1.29, 1.82) is 0 Å². The Labute approximate surface area is 145 Å². The van der Waals surface area contributed by atoms with Crippen LogP contribution in [-0.4, -0.2) is 49.0 Å². The highest BCUT2D eigenvalue weighted by Gasteiger charge is 2.34. The van der Waals surface area contributed by atoms with Crippen molar-refractivity contribution >= 4 is 33.5 Å². The Morgan fingerprint density at radius 3 is 3.00 bits per heavy atom. The molecular formula is C18H22BrNO3. The number of alkyl halides is 1. The van der Waals surface area contributed by atoms with Crippen LogP contribution in [0.1, 0.15) is 24.5 Å². The monoisotopic (exact) mass is 379 g/mol. The molecule has 0 amide bonds. The molecule has 1 aliphatic carbocycles. The van der Waals surface area contributed by atoms with Crippen molar-refractivity contribution in [3.05, 3.63) is 29.3 Å². The highest BCUT2D eigenvalue weighted by Crippen LogP contribution is 2.36. The number of methoxy groups -OCH3 is 1. The van der Waals surface area contributed by atoms with Gasteiger partial charge in [-0.1, -0.05) is 22.0 Å². The zero-order valence-corrected chi connectivity index (χ0v) is 15.1. The molecule has 5 heteroatoms. The van der Waals surface area contributed by atoms with Crippen LogP contribution in [0, 0.1) is 5.92 Å². The van der Waals surface area contributed by atoms with Gasteiger partial charge in [-0.15, -0.1) is 0 Å². The van der Waals surface area contributed by atoms with E-state index in [0.29, 0.717) is 6.61 Å². The summed E-state index contributed by atoms with van der Waals surface area (Å²) in [6, 6.07) is 6.16. The minimum atomic E-state index is -0.0938. The summed E-state index contributed by atoms with van der Waals surface area (Å²) in [6.45, 7) is 4.89. The van der Waals surface area contributed by atoms with E-state index in [1.165, 1.54) is 16.7 Å². The number of benzene rings is 1. The lowest BCUT2D eigenvalue weighted by atomic mass is 9.87. The standard InChI is InChI=1S/C18H22BrNO3/c1-3-23-18(21)16-11-20(7-6-17(16)19)10-13-8-12-4-5-14(22-2)9-15(12)13/h4-5,8-9,16-17H,3,6-7,10-11H2,1-2H3/t16-,17-/m0/s1. The molecule has 0 unspecified atom stereocenters. The fourth-order valence-electron chi connectivity index (χ4n) is 3.23. The van der Waals surface area contributed by atoms with Crippen LogP contribution in [0.15, 0.2) is 18.2 Å². The second-order valence-electron chi connectivity index (χ2n) is 6.02. The second-order valence-corrected chi connectivity index (χ2v) is 7.20. The van der Waals surface area contributed by atoms with Gasteiger partial charge in [0.15, 0.2) is 0 Å². The Morgan fingerprint density at radius 1 is 1.43 bits per heavy atom. The molecule has 1 aromatic rings. The van der Waals surface area contributed by atoms with Gasteiger partial charge in [0.1, 0.15) is 5.75 Å². The number of hydrogen-bond donors (Lipinski definition) is 0. The van der Waals surface area contributed by atoms with Gasteiger partial charge < -0.3 is 9.47 Å². The molecule has 1 heterocycles. The van der Waals surface area contributed by atoms with Crippen molar-refractivity contribution in [3.63, 3.8) is 0 Å². The van der Waals surface area contributed by atoms with Gasteiger partial charge in [0.25, 0.3) is 0 Å². The summed E-state index contributed by atoms with van der Waals surface area (Å²) in [5, 5.41) is 0. The van der Waals surface area contributed by atoms with Crippen molar-refractivity contribution in [3.8, 4) is 5.75 Å². The molecule has 124 valence electrons. The smallest absolute Gasteiger partial charge is 0.311 e. The van der Waals surface area contributed by atoms with Crippen molar-refractivity contribution in [2.45, 2.75) is 18.2 Å². The maximum absolute atomic E-state index is 12.1. The first-order chi connectivity index (χ1) is 11.1. The number of ether oxygens (including phenoxy) is 2. The minimum absolute atomic E-state index is 0.0887. The summed E-state index contributed by atoms with van der Waals surface area (Å²) in [5.74, 6) is 0.704. The van der Waals surface area contributed by atoms with E-state index in [2.05, 4.69) is 39.0 Å². The van der Waals surface area contributed by atoms with Crippen LogP contribution in [-0.2, 0) is 9.53 Å². The van der Waals surface area contributed by atoms with E-state index in [-0.39, 0.29) is 16.7 Å². The first-order valence-corrected chi connectivity index (χ1v) is 8.96. The quantitative estimate of drug-likeness (QED) is 0.581. The van der Waals surface area contributed by atoms with Gasteiger partial charge in [-0.2, -0.15) is 0 Å². The summed E-state index contributed by atoms with van der Waals surface area (Å²) in [4.78, 5) is 14.6. The van der Waals surface area contributed by atoms with E-state index in [1.807, 2.05) is 13.0 Å². The number of carbonyl (C=O) groups excluding carboxylic acids is 1. The predicted molar refractivity (Wildman–Crippen MR) is 94.8 cm³/mol. The summed E-state index contributed by atoms with van der Waals surface area (Å²) >= 11 is 3.64. The topological polar surface area (TPSA) is 38.8 Å². The lowest BCUT2D eigenvalue weighted by Gasteiger charge is -2.36. The molecule has 0 spiro atoms. The molecule has 3 rings (SSSR count). The summed E-state index contributed by atoms with van der Waals surface area (Å²) < 4.78 is 10.5. The number of halogens is 1. The molecular weight excluding hydrogens is 358 g/mol. The summed E-state index contributed by atoms with van der Waals surface area (Å²) in [6.07, 6.45) is 3.18. The van der Waals surface area contributed by atoms with E-state index in [9.17, 15) is 4.79 Å². The zero-order valence-electron chi connectivity index (χ0n) is 13.5. The Kier molecular flexibility index (Phi) is 5.07. The van der Waals surface area contributed by atoms with Crippen molar-refractivity contribution in [2.75, 3.05) is 33.4 Å². The highest BCUT2D eigenvalue weighted by atomic mass is 79.9. The normalized spacial score (nSPS) is 23.5. The molecule has 0 saturated carbocycles. The van der Waals surface area contributed by atoms with Gasteiger partial charge in [-0.25, -0.2) is 0 Å². The van der Waals surface area contributed by atoms with Gasteiger partial charge in [0, 0.05) is 17.9 Å². The Hall–Kier alpha value is -1.33. The van der Waals surface area contributed by atoms with Gasteiger partial charge in [0.2, 0.25) is 0 Å². The molecule has 0 aromatic heterocycles. The molecule has 1 fully saturated rings. The molecule has 0 radical (unpaired) electrons. The molecule has 0 bridgehead atoms. The van der Waals surface area contributed by atoms with E-state index in [4.69, 9.17) is 9.47 Å². The summed E-state index contributed by atoms with van der Waals surface area (Å²) in [7, 11) is 1.69. The fourth-order valence-corrected chi connectivity index (χ4v) is 3.82. The third-order valence-electron chi connectivity index (χ3n) is 4.53. The van der Waals surface area contributed by atoms with E-state index < -0.39 is 0 Å². The zero-order chi connectivity index (χ0) is 16.4. The number of carbonyl (C=O) groups is 1. The lowest BCUT2D eigenvalue weighted by molar-refractivity contribution is -0.149. The van der Waals surface area contributed by atoms with Crippen LogP contribution in [0.3, 0.4) is 0 Å². The maximum atomic E-state index is 12.1. The molecule has 4 nitrogen and oxygen atoms in total. The van der Waals surface area contributed by atoms with Gasteiger partial charge in [-0.3, -0.25) is 9.69 Å². The number of nitrogens with zero attached hydrogens (tertiary/aromatic N) is 1. The lowest BCUT2D eigenvalue weighted by Crippen LogP contribution is -2.45. The molecule has 23 heavy (non-hydrogen) atoms. The minimum Gasteiger partial charge on any atom is -0.497 e. The number of piperidine rings is 1. The summed E-state index contributed by atoms with van der Waals surface area (Å²) in [5.41, 5.74) is 3.84. The number of fused-ring (bicyclic) bond motifs is 1. The Morgan fingerprint density at radius 2 is 2.26 bits per heavy atom. The third kappa shape index (κ3) is 3.45. The number of rotatable bonds is 5. The van der Waals surface area contributed by atoms with Crippen LogP contribution in [0.2, 0.25) is 0 Å². The van der Waals surface area contributed by atoms with Crippen molar-refractivity contribution < 1.29 is 14.3 Å². The van der Waals surface area contributed by atoms with E-state index >= 15 is 0 Å². The Balaban J connectivity index is 1.63. The van der Waals surface area contributed by atoms with Gasteiger partial charge in [-0.05, 0) is 54.8 Å². The van der Waals surface area contributed by atoms with Crippen LogP contribution in [0.25, 0.3) is 11.6 Å². The SMILES string of the molecule is CCOC(=O)[C@H]1CN(CC2=Cc3ccc(OC)cc32)CC[C@@H]1Br. The van der Waals surface area contributed by atoms with E-state index in [1.54, 1.807) is 7.11 Å². The van der Waals surface area contributed by atoms with E-state index in [0.717, 1.165) is 31.8 Å². The number of hydrogen-bond acceptors (Lipinski definition) is 4. The maximum Gasteiger partial charge on any atom is 0.311 e. The molecule has 1 aromatic carbocycles.